The molecule has 0 amide bonds. The van der Waals surface area contributed by atoms with E-state index >= 15 is 0 Å². The highest BCUT2D eigenvalue weighted by Gasteiger charge is 2.24. The van der Waals surface area contributed by atoms with Crippen molar-refractivity contribution in [2.75, 3.05) is 5.75 Å². The molecule has 0 fully saturated rings. The average molecular weight is 525 g/mol. The van der Waals surface area contributed by atoms with Gasteiger partial charge in [0.15, 0.2) is 5.78 Å². The Morgan fingerprint density at radius 2 is 1.70 bits per heavy atom. The Labute approximate surface area is 226 Å². The summed E-state index contributed by atoms with van der Waals surface area (Å²) in [5.74, 6) is 0.956. The molecule has 3 aromatic carbocycles. The van der Waals surface area contributed by atoms with Crippen LogP contribution in [0.15, 0.2) is 83.9 Å². The third-order valence-corrected chi connectivity index (χ3v) is 7.68. The number of carbonyl (C=O) groups excluding carboxylic acids is 1. The van der Waals surface area contributed by atoms with Crippen LogP contribution < -0.4 is 4.74 Å². The molecule has 184 valence electrons. The first-order valence-electron chi connectivity index (χ1n) is 12.3. The van der Waals surface area contributed by atoms with E-state index in [2.05, 4.69) is 6.07 Å². The van der Waals surface area contributed by atoms with Gasteiger partial charge in [0.05, 0.1) is 11.3 Å². The first-order valence-corrected chi connectivity index (χ1v) is 13.6. The number of ketones is 1. The third-order valence-electron chi connectivity index (χ3n) is 6.45. The average Bonchev–Trinajstić information content (AvgIpc) is 2.95. The molecule has 0 N–H and O–H groups in total. The minimum Gasteiger partial charge on any atom is -0.489 e. The number of nitriles is 1. The van der Waals surface area contributed by atoms with Crippen LogP contribution >= 0.6 is 23.4 Å². The van der Waals surface area contributed by atoms with E-state index in [9.17, 15) is 10.1 Å². The molecule has 0 radical (unpaired) electrons. The van der Waals surface area contributed by atoms with Crippen LogP contribution in [0.25, 0.3) is 11.1 Å². The van der Waals surface area contributed by atoms with Crippen LogP contribution in [0.4, 0.5) is 0 Å². The second kappa shape index (κ2) is 11.6. The number of hydrogen-bond acceptors (Lipinski definition) is 5. The zero-order chi connectivity index (χ0) is 25.6. The number of benzene rings is 3. The molecule has 1 aromatic heterocycles. The molecule has 37 heavy (non-hydrogen) atoms. The molecule has 0 saturated carbocycles. The molecule has 0 spiro atoms. The summed E-state index contributed by atoms with van der Waals surface area (Å²) in [5.41, 5.74) is 6.32. The topological polar surface area (TPSA) is 63.0 Å². The van der Waals surface area contributed by atoms with Crippen LogP contribution in [0.2, 0.25) is 5.02 Å². The summed E-state index contributed by atoms with van der Waals surface area (Å²) >= 11 is 7.29. The first kappa shape index (κ1) is 25.1. The monoisotopic (exact) mass is 524 g/mol. The van der Waals surface area contributed by atoms with E-state index in [1.165, 1.54) is 11.8 Å². The molecule has 0 atom stereocenters. The minimum atomic E-state index is -0.0217. The maximum Gasteiger partial charge on any atom is 0.173 e. The number of aryl methyl sites for hydroxylation is 1. The smallest absolute Gasteiger partial charge is 0.173 e. The molecule has 0 aliphatic heterocycles. The van der Waals surface area contributed by atoms with Gasteiger partial charge in [-0.25, -0.2) is 4.98 Å². The van der Waals surface area contributed by atoms with Crippen molar-refractivity contribution < 1.29 is 9.53 Å². The molecule has 6 heteroatoms. The predicted octanol–water partition coefficient (Wildman–Crippen LogP) is 7.71. The quantitative estimate of drug-likeness (QED) is 0.174. The zero-order valence-electron chi connectivity index (χ0n) is 20.2. The van der Waals surface area contributed by atoms with Gasteiger partial charge in [-0.05, 0) is 78.8 Å². The predicted molar refractivity (Wildman–Crippen MR) is 148 cm³/mol. The molecular formula is C31H25ClN2O2S. The Hall–Kier alpha value is -3.59. The lowest BCUT2D eigenvalue weighted by molar-refractivity contribution is 0.102. The van der Waals surface area contributed by atoms with Crippen LogP contribution in [-0.2, 0) is 19.4 Å². The number of ether oxygens (including phenoxy) is 1. The second-order valence-electron chi connectivity index (χ2n) is 8.93. The number of pyridine rings is 1. The molecule has 0 saturated heterocycles. The fraction of sp³-hybridized carbons (Fsp3) is 0.194. The van der Waals surface area contributed by atoms with Crippen LogP contribution in [0, 0.1) is 11.3 Å². The fourth-order valence-corrected chi connectivity index (χ4v) is 5.58. The summed E-state index contributed by atoms with van der Waals surface area (Å²) < 4.78 is 5.96. The van der Waals surface area contributed by atoms with Crippen LogP contribution in [0.5, 0.6) is 5.75 Å². The van der Waals surface area contributed by atoms with E-state index in [-0.39, 0.29) is 11.5 Å². The van der Waals surface area contributed by atoms with Crippen LogP contribution in [0.3, 0.4) is 0 Å². The Bertz CT molecular complexity index is 1450. The van der Waals surface area contributed by atoms with Crippen LogP contribution in [0.1, 0.15) is 45.6 Å². The van der Waals surface area contributed by atoms with Crippen molar-refractivity contribution in [3.63, 3.8) is 0 Å². The van der Waals surface area contributed by atoms with Gasteiger partial charge in [0.25, 0.3) is 0 Å². The van der Waals surface area contributed by atoms with Gasteiger partial charge in [0, 0.05) is 21.8 Å². The standard InChI is InChI=1S/C31H25ClN2O2S/c32-24-14-10-22(11-15-24)29(35)20-37-31-27(18-33)30(26-8-4-5-9-28(26)34-31)23-12-16-25(17-13-23)36-19-21-6-2-1-3-7-21/h1-3,6-7,10-17H,4-5,8-9,19-20H2. The summed E-state index contributed by atoms with van der Waals surface area (Å²) in [4.78, 5) is 17.7. The largest absolute Gasteiger partial charge is 0.489 e. The van der Waals surface area contributed by atoms with E-state index in [4.69, 9.17) is 21.3 Å². The Balaban J connectivity index is 1.42. The van der Waals surface area contributed by atoms with Gasteiger partial charge in [0.2, 0.25) is 0 Å². The Morgan fingerprint density at radius 3 is 2.43 bits per heavy atom. The molecule has 4 nitrogen and oxygen atoms in total. The van der Waals surface area contributed by atoms with Gasteiger partial charge in [-0.1, -0.05) is 65.8 Å². The zero-order valence-corrected chi connectivity index (χ0v) is 21.8. The first-order chi connectivity index (χ1) is 18.1. The van der Waals surface area contributed by atoms with Crippen molar-refractivity contribution in [2.24, 2.45) is 0 Å². The summed E-state index contributed by atoms with van der Waals surface area (Å²) in [6.07, 6.45) is 3.93. The maximum absolute atomic E-state index is 12.8. The number of carbonyl (C=O) groups is 1. The molecule has 0 bridgehead atoms. The number of fused-ring (bicyclic) bond motifs is 1. The van der Waals surface area contributed by atoms with E-state index in [1.807, 2.05) is 54.6 Å². The highest BCUT2D eigenvalue weighted by molar-refractivity contribution is 8.00. The van der Waals surface area contributed by atoms with Crippen molar-refractivity contribution in [3.05, 3.63) is 112 Å². The van der Waals surface area contributed by atoms with E-state index < -0.39 is 0 Å². The number of rotatable bonds is 8. The molecule has 1 aliphatic rings. The van der Waals surface area contributed by atoms with Gasteiger partial charge in [-0.15, -0.1) is 0 Å². The van der Waals surface area contributed by atoms with Crippen LogP contribution in [-0.4, -0.2) is 16.5 Å². The Morgan fingerprint density at radius 1 is 0.973 bits per heavy atom. The highest BCUT2D eigenvalue weighted by Crippen LogP contribution is 2.38. The van der Waals surface area contributed by atoms with Gasteiger partial charge in [-0.2, -0.15) is 5.26 Å². The van der Waals surface area contributed by atoms with Gasteiger partial charge < -0.3 is 4.74 Å². The van der Waals surface area contributed by atoms with E-state index in [0.717, 1.165) is 59.4 Å². The molecule has 0 unspecified atom stereocenters. The van der Waals surface area contributed by atoms with Crippen molar-refractivity contribution in [1.82, 2.24) is 4.98 Å². The normalized spacial score (nSPS) is 12.4. The van der Waals surface area contributed by atoms with Gasteiger partial charge in [-0.3, -0.25) is 4.79 Å². The lowest BCUT2D eigenvalue weighted by atomic mass is 9.87. The number of hydrogen-bond donors (Lipinski definition) is 0. The summed E-state index contributed by atoms with van der Waals surface area (Å²) in [6.45, 7) is 0.497. The number of Topliss-reactive ketones (excluding diaryl/α,β-unsaturated/α-hetero) is 1. The fourth-order valence-electron chi connectivity index (χ4n) is 4.56. The van der Waals surface area contributed by atoms with Crippen molar-refractivity contribution in [2.45, 2.75) is 37.3 Å². The number of thioether (sulfide) groups is 1. The van der Waals surface area contributed by atoms with Crippen molar-refractivity contribution in [3.8, 4) is 22.9 Å². The lowest BCUT2D eigenvalue weighted by Crippen LogP contribution is -2.11. The van der Waals surface area contributed by atoms with E-state index in [0.29, 0.717) is 27.8 Å². The molecule has 5 rings (SSSR count). The van der Waals surface area contributed by atoms with E-state index in [1.54, 1.807) is 24.3 Å². The molecule has 1 heterocycles. The molecule has 4 aromatic rings. The van der Waals surface area contributed by atoms with Gasteiger partial charge in [0.1, 0.15) is 23.5 Å². The lowest BCUT2D eigenvalue weighted by Gasteiger charge is -2.22. The van der Waals surface area contributed by atoms with Gasteiger partial charge >= 0.3 is 0 Å². The maximum atomic E-state index is 12.8. The second-order valence-corrected chi connectivity index (χ2v) is 10.3. The summed E-state index contributed by atoms with van der Waals surface area (Å²) in [7, 11) is 0. The minimum absolute atomic E-state index is 0.0217. The SMILES string of the molecule is N#Cc1c(SCC(=O)c2ccc(Cl)cc2)nc2c(c1-c1ccc(OCc3ccccc3)cc1)CCCC2. The Kier molecular flexibility index (Phi) is 7.89. The summed E-state index contributed by atoms with van der Waals surface area (Å²) in [5, 5.41) is 11.4. The summed E-state index contributed by atoms with van der Waals surface area (Å²) in [6, 6.07) is 27.3. The van der Waals surface area contributed by atoms with Crippen molar-refractivity contribution >= 4 is 29.1 Å². The number of nitrogens with zero attached hydrogens (tertiary/aromatic N) is 2. The number of halogens is 1. The third kappa shape index (κ3) is 5.88. The molecule has 1 aliphatic carbocycles. The highest BCUT2D eigenvalue weighted by atomic mass is 35.5. The number of aromatic nitrogens is 1. The molecular weight excluding hydrogens is 500 g/mol. The van der Waals surface area contributed by atoms with Crippen molar-refractivity contribution in [1.29, 1.82) is 5.26 Å².